The summed E-state index contributed by atoms with van der Waals surface area (Å²) >= 11 is 1.47. The number of hydrogen-bond donors (Lipinski definition) is 0. The number of thiazole rings is 1. The molecule has 0 fully saturated rings. The van der Waals surface area contributed by atoms with Gasteiger partial charge in [0.25, 0.3) is 0 Å². The molecule has 0 bridgehead atoms. The van der Waals surface area contributed by atoms with E-state index in [0.717, 1.165) is 10.4 Å². The molecule has 0 saturated heterocycles. The lowest BCUT2D eigenvalue weighted by Gasteiger charge is -2.23. The molecule has 1 aromatic carbocycles. The van der Waals surface area contributed by atoms with Gasteiger partial charge in [0.15, 0.2) is 0 Å². The highest BCUT2D eigenvalue weighted by Gasteiger charge is 2.29. The van der Waals surface area contributed by atoms with E-state index >= 15 is 0 Å². The molecule has 18 heavy (non-hydrogen) atoms. The number of carbonyl (C=O) groups excluding carboxylic acids is 1. The molecule has 4 heteroatoms. The summed E-state index contributed by atoms with van der Waals surface area (Å²) in [5, 5.41) is 0. The van der Waals surface area contributed by atoms with Crippen molar-refractivity contribution >= 4 is 17.1 Å². The van der Waals surface area contributed by atoms with Gasteiger partial charge in [-0.05, 0) is 31.5 Å². The van der Waals surface area contributed by atoms with Crippen LogP contribution in [0.1, 0.15) is 24.3 Å². The van der Waals surface area contributed by atoms with Crippen LogP contribution in [-0.2, 0) is 16.6 Å². The van der Waals surface area contributed by atoms with Crippen LogP contribution in [0, 0.1) is 5.82 Å². The third kappa shape index (κ3) is 2.64. The van der Waals surface area contributed by atoms with Gasteiger partial charge in [0, 0.05) is 22.9 Å². The Hall–Kier alpha value is -1.55. The molecule has 2 aromatic rings. The first-order valence-electron chi connectivity index (χ1n) is 5.67. The zero-order valence-corrected chi connectivity index (χ0v) is 11.1. The molecule has 0 N–H and O–H groups in total. The lowest BCUT2D eigenvalue weighted by molar-refractivity contribution is -0.122. The van der Waals surface area contributed by atoms with Crippen LogP contribution >= 0.6 is 11.3 Å². The lowest BCUT2D eigenvalue weighted by atomic mass is 9.79. The number of aromatic nitrogens is 1. The molecule has 1 heterocycles. The van der Waals surface area contributed by atoms with Crippen LogP contribution in [0.5, 0.6) is 0 Å². The Balaban J connectivity index is 2.19. The largest absolute Gasteiger partial charge is 0.298 e. The number of nitrogens with zero attached hydrogens (tertiary/aromatic N) is 1. The van der Waals surface area contributed by atoms with Gasteiger partial charge in [-0.1, -0.05) is 12.1 Å². The van der Waals surface area contributed by atoms with Crippen molar-refractivity contribution in [2.45, 2.75) is 25.7 Å². The van der Waals surface area contributed by atoms with Gasteiger partial charge in [-0.3, -0.25) is 9.78 Å². The van der Waals surface area contributed by atoms with E-state index in [4.69, 9.17) is 0 Å². The minimum Gasteiger partial charge on any atom is -0.298 e. The Morgan fingerprint density at radius 1 is 1.33 bits per heavy atom. The molecule has 1 aromatic heterocycles. The Bertz CT molecular complexity index is 531. The van der Waals surface area contributed by atoms with Crippen molar-refractivity contribution in [3.05, 3.63) is 52.2 Å². The van der Waals surface area contributed by atoms with Gasteiger partial charge in [0.1, 0.15) is 11.6 Å². The quantitative estimate of drug-likeness (QED) is 0.846. The Morgan fingerprint density at radius 2 is 2.00 bits per heavy atom. The topological polar surface area (TPSA) is 30.0 Å². The smallest absolute Gasteiger partial charge is 0.148 e. The third-order valence-electron chi connectivity index (χ3n) is 3.08. The maximum atomic E-state index is 12.9. The molecule has 0 radical (unpaired) electrons. The highest BCUT2D eigenvalue weighted by molar-refractivity contribution is 7.09. The van der Waals surface area contributed by atoms with E-state index in [1.807, 2.05) is 13.8 Å². The highest BCUT2D eigenvalue weighted by atomic mass is 32.1. The van der Waals surface area contributed by atoms with Gasteiger partial charge < -0.3 is 0 Å². The van der Waals surface area contributed by atoms with Crippen LogP contribution in [0.25, 0.3) is 0 Å². The van der Waals surface area contributed by atoms with Crippen LogP contribution in [0.3, 0.4) is 0 Å². The molecule has 0 amide bonds. The van der Waals surface area contributed by atoms with Crippen molar-refractivity contribution in [2.24, 2.45) is 0 Å². The van der Waals surface area contributed by atoms with Gasteiger partial charge in [-0.25, -0.2) is 4.39 Å². The van der Waals surface area contributed by atoms with Crippen molar-refractivity contribution in [3.63, 3.8) is 0 Å². The van der Waals surface area contributed by atoms with E-state index in [-0.39, 0.29) is 11.6 Å². The van der Waals surface area contributed by atoms with E-state index in [9.17, 15) is 9.18 Å². The second-order valence-corrected chi connectivity index (χ2v) is 5.67. The zero-order chi connectivity index (χ0) is 13.2. The lowest BCUT2D eigenvalue weighted by Crippen LogP contribution is -2.30. The second kappa shape index (κ2) is 4.98. The fourth-order valence-corrected chi connectivity index (χ4v) is 2.33. The second-order valence-electron chi connectivity index (χ2n) is 4.70. The Labute approximate surface area is 110 Å². The summed E-state index contributed by atoms with van der Waals surface area (Å²) in [7, 11) is 0. The van der Waals surface area contributed by atoms with Crippen LogP contribution in [-0.4, -0.2) is 10.8 Å². The number of Topliss-reactive ketones (excluding diaryl/α,β-unsaturated/α-hetero) is 1. The third-order valence-corrected chi connectivity index (χ3v) is 3.86. The first-order chi connectivity index (χ1) is 8.50. The Morgan fingerprint density at radius 3 is 2.56 bits per heavy atom. The predicted molar refractivity (Wildman–Crippen MR) is 70.3 cm³/mol. The summed E-state index contributed by atoms with van der Waals surface area (Å²) in [5.41, 5.74) is 1.93. The summed E-state index contributed by atoms with van der Waals surface area (Å²) in [6.45, 7) is 3.73. The summed E-state index contributed by atoms with van der Waals surface area (Å²) in [6.07, 6.45) is 2.08. The monoisotopic (exact) mass is 263 g/mol. The number of rotatable bonds is 4. The standard InChI is InChI=1S/C14H14FNOS/c1-14(2,10-3-5-11(15)6-4-10)13(17)7-12-8-16-9-18-12/h3-6,8-9H,7H2,1-2H3. The molecule has 0 unspecified atom stereocenters. The molecule has 0 aliphatic rings. The molecule has 0 aliphatic heterocycles. The van der Waals surface area contributed by atoms with Crippen LogP contribution in [0.2, 0.25) is 0 Å². The average molecular weight is 263 g/mol. The first kappa shape index (κ1) is 12.9. The SMILES string of the molecule is CC(C)(C(=O)Cc1cncs1)c1ccc(F)cc1. The van der Waals surface area contributed by atoms with Gasteiger partial charge >= 0.3 is 0 Å². The van der Waals surface area contributed by atoms with E-state index in [2.05, 4.69) is 4.98 Å². The number of benzene rings is 1. The molecule has 0 aliphatic carbocycles. The van der Waals surface area contributed by atoms with Crippen molar-refractivity contribution in [2.75, 3.05) is 0 Å². The maximum Gasteiger partial charge on any atom is 0.148 e. The number of ketones is 1. The van der Waals surface area contributed by atoms with Crippen molar-refractivity contribution < 1.29 is 9.18 Å². The minimum atomic E-state index is -0.613. The van der Waals surface area contributed by atoms with Crippen LogP contribution < -0.4 is 0 Å². The zero-order valence-electron chi connectivity index (χ0n) is 10.3. The van der Waals surface area contributed by atoms with Gasteiger partial charge in [-0.2, -0.15) is 0 Å². The fourth-order valence-electron chi connectivity index (χ4n) is 1.74. The number of hydrogen-bond acceptors (Lipinski definition) is 3. The molecular formula is C14H14FNOS. The van der Waals surface area contributed by atoms with Crippen molar-refractivity contribution in [1.29, 1.82) is 0 Å². The maximum absolute atomic E-state index is 12.9. The number of halogens is 1. The molecule has 94 valence electrons. The molecule has 0 spiro atoms. The molecule has 2 nitrogen and oxygen atoms in total. The summed E-state index contributed by atoms with van der Waals surface area (Å²) in [6, 6.07) is 6.11. The first-order valence-corrected chi connectivity index (χ1v) is 6.55. The number of carbonyl (C=O) groups is 1. The van der Waals surface area contributed by atoms with Crippen molar-refractivity contribution in [3.8, 4) is 0 Å². The fraction of sp³-hybridized carbons (Fsp3) is 0.286. The van der Waals surface area contributed by atoms with Crippen molar-refractivity contribution in [1.82, 2.24) is 4.98 Å². The normalized spacial score (nSPS) is 11.5. The Kier molecular flexibility index (Phi) is 3.57. The average Bonchev–Trinajstić information content (AvgIpc) is 2.82. The van der Waals surface area contributed by atoms with E-state index in [1.54, 1.807) is 23.8 Å². The van der Waals surface area contributed by atoms with Crippen LogP contribution in [0.15, 0.2) is 36.0 Å². The molecule has 2 rings (SSSR count). The van der Waals surface area contributed by atoms with E-state index in [1.165, 1.54) is 23.5 Å². The minimum absolute atomic E-state index is 0.110. The summed E-state index contributed by atoms with van der Waals surface area (Å²) in [4.78, 5) is 17.2. The predicted octanol–water partition coefficient (Wildman–Crippen LogP) is 3.37. The van der Waals surface area contributed by atoms with E-state index < -0.39 is 5.41 Å². The summed E-state index contributed by atoms with van der Waals surface area (Å²) in [5.74, 6) is -0.178. The van der Waals surface area contributed by atoms with Crippen LogP contribution in [0.4, 0.5) is 4.39 Å². The molecule has 0 saturated carbocycles. The van der Waals surface area contributed by atoms with Gasteiger partial charge in [0.2, 0.25) is 0 Å². The van der Waals surface area contributed by atoms with Gasteiger partial charge in [0.05, 0.1) is 5.51 Å². The molecular weight excluding hydrogens is 249 g/mol. The molecule has 0 atom stereocenters. The van der Waals surface area contributed by atoms with E-state index in [0.29, 0.717) is 6.42 Å². The highest BCUT2D eigenvalue weighted by Crippen LogP contribution is 2.26. The summed E-state index contributed by atoms with van der Waals surface area (Å²) < 4.78 is 12.9. The van der Waals surface area contributed by atoms with Gasteiger partial charge in [-0.15, -0.1) is 11.3 Å².